The zero-order chi connectivity index (χ0) is 16.4. The van der Waals surface area contributed by atoms with Gasteiger partial charge in [-0.25, -0.2) is 4.79 Å². The molecule has 2 aliphatic heterocycles. The molecule has 0 aromatic heterocycles. The average Bonchev–Trinajstić information content (AvgIpc) is 2.95. The van der Waals surface area contributed by atoms with Crippen molar-refractivity contribution in [2.75, 3.05) is 26.2 Å². The van der Waals surface area contributed by atoms with Crippen LogP contribution in [0.4, 0.5) is 4.79 Å². The minimum atomic E-state index is -0.826. The molecule has 1 saturated heterocycles. The minimum absolute atomic E-state index is 0.146. The number of aliphatic carboxylic acids is 1. The highest BCUT2D eigenvalue weighted by atomic mass is 16.5. The maximum absolute atomic E-state index is 12.4. The van der Waals surface area contributed by atoms with Crippen molar-refractivity contribution in [3.8, 4) is 5.75 Å². The van der Waals surface area contributed by atoms with E-state index >= 15 is 0 Å². The lowest BCUT2D eigenvalue weighted by atomic mass is 9.91. The van der Waals surface area contributed by atoms with Crippen LogP contribution < -0.4 is 10.1 Å². The highest BCUT2D eigenvalue weighted by molar-refractivity contribution is 5.76. The second-order valence-electron chi connectivity index (χ2n) is 6.51. The van der Waals surface area contributed by atoms with Crippen LogP contribution in [-0.2, 0) is 4.79 Å². The Morgan fingerprint density at radius 1 is 1.35 bits per heavy atom. The fourth-order valence-electron chi connectivity index (χ4n) is 3.42. The summed E-state index contributed by atoms with van der Waals surface area (Å²) >= 11 is 0. The largest absolute Gasteiger partial charge is 0.493 e. The van der Waals surface area contributed by atoms with E-state index in [1.807, 2.05) is 31.2 Å². The van der Waals surface area contributed by atoms with Crippen LogP contribution in [0.25, 0.3) is 0 Å². The molecule has 6 nitrogen and oxygen atoms in total. The Morgan fingerprint density at radius 3 is 2.91 bits per heavy atom. The molecule has 3 atom stereocenters. The quantitative estimate of drug-likeness (QED) is 0.892. The molecule has 6 heteroatoms. The summed E-state index contributed by atoms with van der Waals surface area (Å²) in [5, 5.41) is 12.1. The molecule has 0 bridgehead atoms. The van der Waals surface area contributed by atoms with Gasteiger partial charge in [0.2, 0.25) is 0 Å². The summed E-state index contributed by atoms with van der Waals surface area (Å²) in [6.45, 7) is 3.93. The van der Waals surface area contributed by atoms with Crippen LogP contribution in [0.15, 0.2) is 24.3 Å². The smallest absolute Gasteiger partial charge is 0.317 e. The molecule has 0 aliphatic carbocycles. The van der Waals surface area contributed by atoms with Crippen molar-refractivity contribution in [1.29, 1.82) is 0 Å². The lowest BCUT2D eigenvalue weighted by Crippen LogP contribution is -2.50. The van der Waals surface area contributed by atoms with Crippen LogP contribution in [0.5, 0.6) is 5.75 Å². The van der Waals surface area contributed by atoms with E-state index in [2.05, 4.69) is 5.32 Å². The summed E-state index contributed by atoms with van der Waals surface area (Å²) in [5.74, 6) is -0.0735. The predicted molar refractivity (Wildman–Crippen MR) is 84.6 cm³/mol. The summed E-state index contributed by atoms with van der Waals surface area (Å²) in [4.78, 5) is 25.2. The van der Waals surface area contributed by atoms with Crippen LogP contribution >= 0.6 is 0 Å². The van der Waals surface area contributed by atoms with Gasteiger partial charge in [-0.05, 0) is 18.4 Å². The van der Waals surface area contributed by atoms with Gasteiger partial charge in [-0.3, -0.25) is 4.79 Å². The molecule has 0 spiro atoms. The van der Waals surface area contributed by atoms with Crippen LogP contribution in [0.2, 0.25) is 0 Å². The van der Waals surface area contributed by atoms with Crippen molar-refractivity contribution in [2.45, 2.75) is 19.3 Å². The number of urea groups is 1. The van der Waals surface area contributed by atoms with E-state index in [0.29, 0.717) is 26.1 Å². The Kier molecular flexibility index (Phi) is 4.41. The van der Waals surface area contributed by atoms with E-state index in [-0.39, 0.29) is 24.4 Å². The number of piperidine rings is 1. The summed E-state index contributed by atoms with van der Waals surface area (Å²) in [6.07, 6.45) is 0.628. The fourth-order valence-corrected chi connectivity index (χ4v) is 3.42. The molecule has 1 fully saturated rings. The molecule has 124 valence electrons. The molecular formula is C17H22N2O4. The van der Waals surface area contributed by atoms with E-state index < -0.39 is 11.9 Å². The van der Waals surface area contributed by atoms with Crippen molar-refractivity contribution < 1.29 is 19.4 Å². The number of nitrogens with one attached hydrogen (secondary N) is 1. The molecule has 23 heavy (non-hydrogen) atoms. The monoisotopic (exact) mass is 318 g/mol. The number of rotatable bonds is 3. The third kappa shape index (κ3) is 3.41. The summed E-state index contributed by atoms with van der Waals surface area (Å²) in [6, 6.07) is 7.66. The van der Waals surface area contributed by atoms with Crippen molar-refractivity contribution in [2.24, 2.45) is 11.8 Å². The normalized spacial score (nSPS) is 26.3. The maximum atomic E-state index is 12.4. The topological polar surface area (TPSA) is 78.9 Å². The molecular weight excluding hydrogens is 296 g/mol. The number of fused-ring (bicyclic) bond motifs is 1. The number of ether oxygens (including phenoxy) is 1. The highest BCUT2D eigenvalue weighted by Crippen LogP contribution is 2.32. The van der Waals surface area contributed by atoms with Crippen molar-refractivity contribution in [3.63, 3.8) is 0 Å². The van der Waals surface area contributed by atoms with Crippen LogP contribution in [0.1, 0.15) is 24.8 Å². The highest BCUT2D eigenvalue weighted by Gasteiger charge is 2.32. The second-order valence-corrected chi connectivity index (χ2v) is 6.51. The van der Waals surface area contributed by atoms with E-state index in [1.165, 1.54) is 0 Å². The van der Waals surface area contributed by atoms with Gasteiger partial charge in [-0.15, -0.1) is 0 Å². The number of carbonyl (C=O) groups excluding carboxylic acids is 1. The number of hydrogen-bond donors (Lipinski definition) is 2. The van der Waals surface area contributed by atoms with Gasteiger partial charge >= 0.3 is 12.0 Å². The summed E-state index contributed by atoms with van der Waals surface area (Å²) < 4.78 is 5.61. The third-order valence-electron chi connectivity index (χ3n) is 4.59. The average molecular weight is 318 g/mol. The standard InChI is InChI=1S/C17H22N2O4/c1-11-6-12(16(20)21)9-19(8-11)17(22)18-7-13-10-23-15-5-3-2-4-14(13)15/h2-5,11-13H,6-10H2,1H3,(H,18,22)(H,20,21). The number of nitrogens with zero attached hydrogens (tertiary/aromatic N) is 1. The first-order valence-electron chi connectivity index (χ1n) is 8.02. The first-order chi connectivity index (χ1) is 11.0. The van der Waals surface area contributed by atoms with Gasteiger partial charge < -0.3 is 20.1 Å². The van der Waals surface area contributed by atoms with Crippen LogP contribution in [-0.4, -0.2) is 48.2 Å². The molecule has 2 heterocycles. The number of carbonyl (C=O) groups is 2. The fraction of sp³-hybridized carbons (Fsp3) is 0.529. The number of amides is 2. The molecule has 3 rings (SSSR count). The lowest BCUT2D eigenvalue weighted by Gasteiger charge is -2.34. The number of benzene rings is 1. The van der Waals surface area contributed by atoms with E-state index in [4.69, 9.17) is 4.74 Å². The van der Waals surface area contributed by atoms with Gasteiger partial charge in [-0.2, -0.15) is 0 Å². The van der Waals surface area contributed by atoms with Gasteiger partial charge in [0.05, 0.1) is 12.5 Å². The van der Waals surface area contributed by atoms with Crippen molar-refractivity contribution in [3.05, 3.63) is 29.8 Å². The first-order valence-corrected chi connectivity index (χ1v) is 8.02. The number of likely N-dealkylation sites (tertiary alicyclic amines) is 1. The zero-order valence-electron chi connectivity index (χ0n) is 13.2. The van der Waals surface area contributed by atoms with Crippen LogP contribution in [0.3, 0.4) is 0 Å². The third-order valence-corrected chi connectivity index (χ3v) is 4.59. The summed E-state index contributed by atoms with van der Waals surface area (Å²) in [5.41, 5.74) is 1.11. The van der Waals surface area contributed by atoms with Gasteiger partial charge in [0.15, 0.2) is 0 Å². The Bertz CT molecular complexity index is 604. The molecule has 2 amide bonds. The molecule has 2 N–H and O–H groups in total. The second kappa shape index (κ2) is 6.48. The number of hydrogen-bond acceptors (Lipinski definition) is 3. The zero-order valence-corrected chi connectivity index (χ0v) is 13.2. The maximum Gasteiger partial charge on any atom is 0.317 e. The van der Waals surface area contributed by atoms with Gasteiger partial charge in [0.25, 0.3) is 0 Å². The molecule has 3 unspecified atom stereocenters. The molecule has 1 aromatic carbocycles. The van der Waals surface area contributed by atoms with Crippen molar-refractivity contribution in [1.82, 2.24) is 10.2 Å². The first kappa shape index (κ1) is 15.6. The lowest BCUT2D eigenvalue weighted by molar-refractivity contribution is -0.143. The SMILES string of the molecule is CC1CC(C(=O)O)CN(C(=O)NCC2COc3ccccc32)C1. The Balaban J connectivity index is 1.56. The Morgan fingerprint density at radius 2 is 2.13 bits per heavy atom. The van der Waals surface area contributed by atoms with Crippen LogP contribution in [0, 0.1) is 11.8 Å². The Labute approximate surface area is 135 Å². The van der Waals surface area contributed by atoms with Gasteiger partial charge in [-0.1, -0.05) is 25.1 Å². The molecule has 0 radical (unpaired) electrons. The molecule has 1 aromatic rings. The van der Waals surface area contributed by atoms with E-state index in [1.54, 1.807) is 4.90 Å². The number of carboxylic acid groups (broad SMARTS) is 1. The molecule has 0 saturated carbocycles. The van der Waals surface area contributed by atoms with Gasteiger partial charge in [0.1, 0.15) is 5.75 Å². The van der Waals surface area contributed by atoms with E-state index in [9.17, 15) is 14.7 Å². The van der Waals surface area contributed by atoms with Gasteiger partial charge in [0, 0.05) is 31.1 Å². The number of carboxylic acids is 1. The number of para-hydroxylation sites is 1. The van der Waals surface area contributed by atoms with E-state index in [0.717, 1.165) is 11.3 Å². The van der Waals surface area contributed by atoms with Crippen molar-refractivity contribution >= 4 is 12.0 Å². The summed E-state index contributed by atoms with van der Waals surface area (Å²) in [7, 11) is 0. The Hall–Kier alpha value is -2.24. The predicted octanol–water partition coefficient (Wildman–Crippen LogP) is 1.91. The molecule has 2 aliphatic rings. The minimum Gasteiger partial charge on any atom is -0.493 e.